The topological polar surface area (TPSA) is 34.5 Å². The van der Waals surface area contributed by atoms with Crippen molar-refractivity contribution < 1.29 is 9.53 Å². The van der Waals surface area contributed by atoms with E-state index in [1.807, 2.05) is 45.0 Å². The van der Waals surface area contributed by atoms with Crippen molar-refractivity contribution in [3.8, 4) is 0 Å². The number of aromatic nitrogens is 1. The fourth-order valence-corrected chi connectivity index (χ4v) is 4.61. The van der Waals surface area contributed by atoms with Crippen molar-refractivity contribution in [2.45, 2.75) is 58.2 Å². The average molecular weight is 399 g/mol. The second-order valence-corrected chi connectivity index (χ2v) is 9.11. The Bertz CT molecular complexity index is 921. The van der Waals surface area contributed by atoms with Crippen molar-refractivity contribution >= 4 is 17.6 Å². The summed E-state index contributed by atoms with van der Waals surface area (Å²) in [4.78, 5) is 15.6. The zero-order valence-corrected chi connectivity index (χ0v) is 17.7. The Morgan fingerprint density at radius 3 is 2.54 bits per heavy atom. The number of nitrogens with zero attached hydrogens (tertiary/aromatic N) is 2. The Kier molecular flexibility index (Phi) is 4.78. The van der Waals surface area contributed by atoms with Crippen LogP contribution in [0.5, 0.6) is 0 Å². The maximum atomic E-state index is 13.2. The van der Waals surface area contributed by atoms with Crippen molar-refractivity contribution in [3.05, 3.63) is 70.1 Å². The number of carbonyl (C=O) groups excluding carboxylic acids is 1. The third kappa shape index (κ3) is 3.46. The maximum Gasteiger partial charge on any atom is 0.336 e. The van der Waals surface area contributed by atoms with Gasteiger partial charge in [0.15, 0.2) is 0 Å². The lowest BCUT2D eigenvalue weighted by Crippen LogP contribution is -2.42. The van der Waals surface area contributed by atoms with Gasteiger partial charge in [-0.05, 0) is 63.9 Å². The lowest BCUT2D eigenvalue weighted by Gasteiger charge is -2.46. The molecule has 2 aromatic rings. The summed E-state index contributed by atoms with van der Waals surface area (Å²) >= 11 is 6.11. The van der Waals surface area contributed by atoms with Crippen molar-refractivity contribution in [2.24, 2.45) is 0 Å². The second-order valence-electron chi connectivity index (χ2n) is 8.68. The molecular weight excluding hydrogens is 372 g/mol. The van der Waals surface area contributed by atoms with Gasteiger partial charge in [-0.2, -0.15) is 0 Å². The third-order valence-electron chi connectivity index (χ3n) is 5.68. The Labute approximate surface area is 171 Å². The lowest BCUT2D eigenvalue weighted by atomic mass is 9.79. The number of rotatable bonds is 2. The van der Waals surface area contributed by atoms with Crippen LogP contribution in [0.15, 0.2) is 53.9 Å². The largest absolute Gasteiger partial charge is 0.457 e. The standard InChI is InChI=1S/C23H27ClN2O2/c1-15-21(22(27)28-23(2,3)4)18(16-7-9-17(24)10-8-16)14-20-19-6-5-11-25(19)12-13-26(15)20/h5-11,18,20H,12-14H2,1-4H3/t18-,20+/m0/s1. The van der Waals surface area contributed by atoms with E-state index >= 15 is 0 Å². The Hall–Kier alpha value is -2.20. The normalized spacial score (nSPS) is 22.0. The zero-order valence-electron chi connectivity index (χ0n) is 16.9. The van der Waals surface area contributed by atoms with E-state index in [0.29, 0.717) is 5.02 Å². The first-order valence-electron chi connectivity index (χ1n) is 9.86. The zero-order chi connectivity index (χ0) is 20.1. The minimum absolute atomic E-state index is 0.0187. The summed E-state index contributed by atoms with van der Waals surface area (Å²) in [5, 5.41) is 0.701. The molecule has 0 saturated carbocycles. The molecule has 2 aliphatic heterocycles. The summed E-state index contributed by atoms with van der Waals surface area (Å²) in [6.07, 6.45) is 2.99. The molecule has 28 heavy (non-hydrogen) atoms. The number of halogens is 1. The van der Waals surface area contributed by atoms with Crippen LogP contribution in [0.1, 0.15) is 57.3 Å². The van der Waals surface area contributed by atoms with Crippen molar-refractivity contribution in [1.29, 1.82) is 0 Å². The average Bonchev–Trinajstić information content (AvgIpc) is 3.09. The Balaban J connectivity index is 1.80. The van der Waals surface area contributed by atoms with Gasteiger partial charge in [-0.1, -0.05) is 23.7 Å². The van der Waals surface area contributed by atoms with Gasteiger partial charge in [-0.25, -0.2) is 4.79 Å². The van der Waals surface area contributed by atoms with Crippen LogP contribution >= 0.6 is 11.6 Å². The molecule has 2 atom stereocenters. The molecule has 0 N–H and O–H groups in total. The SMILES string of the molecule is CC1=C(C(=O)OC(C)(C)C)[C@H](c2ccc(Cl)cc2)C[C@@H]2c3cccn3CCN12. The van der Waals surface area contributed by atoms with E-state index in [1.54, 1.807) is 0 Å². The van der Waals surface area contributed by atoms with Crippen molar-refractivity contribution in [1.82, 2.24) is 9.47 Å². The molecule has 148 valence electrons. The molecule has 0 bridgehead atoms. The van der Waals surface area contributed by atoms with Crippen molar-refractivity contribution in [2.75, 3.05) is 6.54 Å². The number of benzene rings is 1. The van der Waals surface area contributed by atoms with Crippen LogP contribution < -0.4 is 0 Å². The van der Waals surface area contributed by atoms with E-state index < -0.39 is 5.60 Å². The van der Waals surface area contributed by atoms with E-state index in [9.17, 15) is 4.79 Å². The summed E-state index contributed by atoms with van der Waals surface area (Å²) in [6.45, 7) is 9.64. The molecule has 0 amide bonds. The summed E-state index contributed by atoms with van der Waals surface area (Å²) in [7, 11) is 0. The van der Waals surface area contributed by atoms with Crippen LogP contribution in [-0.4, -0.2) is 27.6 Å². The monoisotopic (exact) mass is 398 g/mol. The van der Waals surface area contributed by atoms with Gasteiger partial charge in [0, 0.05) is 41.6 Å². The number of hydrogen-bond acceptors (Lipinski definition) is 3. The van der Waals surface area contributed by atoms with Crippen LogP contribution in [-0.2, 0) is 16.1 Å². The molecule has 0 saturated heterocycles. The second kappa shape index (κ2) is 7.00. The van der Waals surface area contributed by atoms with Crippen LogP contribution in [0, 0.1) is 0 Å². The van der Waals surface area contributed by atoms with Crippen LogP contribution in [0.2, 0.25) is 5.02 Å². The molecule has 5 heteroatoms. The fourth-order valence-electron chi connectivity index (χ4n) is 4.48. The molecule has 4 rings (SSSR count). The highest BCUT2D eigenvalue weighted by Crippen LogP contribution is 2.46. The van der Waals surface area contributed by atoms with Crippen LogP contribution in [0.3, 0.4) is 0 Å². The van der Waals surface area contributed by atoms with Gasteiger partial charge in [0.2, 0.25) is 0 Å². The number of allylic oxidation sites excluding steroid dienone is 1. The highest BCUT2D eigenvalue weighted by molar-refractivity contribution is 6.30. The minimum Gasteiger partial charge on any atom is -0.457 e. The Morgan fingerprint density at radius 1 is 1.14 bits per heavy atom. The lowest BCUT2D eigenvalue weighted by molar-refractivity contribution is -0.150. The molecule has 0 aliphatic carbocycles. The van der Waals surface area contributed by atoms with E-state index in [2.05, 4.69) is 34.7 Å². The molecule has 4 nitrogen and oxygen atoms in total. The summed E-state index contributed by atoms with van der Waals surface area (Å²) in [5.74, 6) is -0.237. The summed E-state index contributed by atoms with van der Waals surface area (Å²) in [6, 6.07) is 12.4. The smallest absolute Gasteiger partial charge is 0.336 e. The van der Waals surface area contributed by atoms with Gasteiger partial charge < -0.3 is 14.2 Å². The molecule has 1 aromatic heterocycles. The van der Waals surface area contributed by atoms with Crippen LogP contribution in [0.4, 0.5) is 0 Å². The predicted molar refractivity (Wildman–Crippen MR) is 111 cm³/mol. The maximum absolute atomic E-state index is 13.2. The van der Waals surface area contributed by atoms with Gasteiger partial charge in [0.1, 0.15) is 5.60 Å². The molecule has 0 spiro atoms. The summed E-state index contributed by atoms with van der Waals surface area (Å²) in [5.41, 5.74) is 3.69. The third-order valence-corrected chi connectivity index (χ3v) is 5.94. The molecule has 3 heterocycles. The van der Waals surface area contributed by atoms with E-state index in [0.717, 1.165) is 36.3 Å². The van der Waals surface area contributed by atoms with Gasteiger partial charge >= 0.3 is 5.97 Å². The highest BCUT2D eigenvalue weighted by Gasteiger charge is 2.41. The molecular formula is C23H27ClN2O2. The number of ether oxygens (including phenoxy) is 1. The first kappa shape index (κ1) is 19.1. The molecule has 0 fully saturated rings. The molecule has 0 unspecified atom stereocenters. The van der Waals surface area contributed by atoms with Gasteiger partial charge in [-0.3, -0.25) is 0 Å². The predicted octanol–water partition coefficient (Wildman–Crippen LogP) is 5.30. The van der Waals surface area contributed by atoms with Gasteiger partial charge in [-0.15, -0.1) is 0 Å². The fraction of sp³-hybridized carbons (Fsp3) is 0.435. The minimum atomic E-state index is -0.525. The first-order chi connectivity index (χ1) is 13.2. The first-order valence-corrected chi connectivity index (χ1v) is 10.2. The highest BCUT2D eigenvalue weighted by atomic mass is 35.5. The number of fused-ring (bicyclic) bond motifs is 3. The molecule has 0 radical (unpaired) electrons. The van der Waals surface area contributed by atoms with E-state index in [1.165, 1.54) is 5.69 Å². The quantitative estimate of drug-likeness (QED) is 0.643. The van der Waals surface area contributed by atoms with E-state index in [-0.39, 0.29) is 17.9 Å². The number of carbonyl (C=O) groups is 1. The van der Waals surface area contributed by atoms with Gasteiger partial charge in [0.05, 0.1) is 11.6 Å². The number of esters is 1. The Morgan fingerprint density at radius 2 is 1.86 bits per heavy atom. The van der Waals surface area contributed by atoms with Gasteiger partial charge in [0.25, 0.3) is 0 Å². The molecule has 2 aliphatic rings. The molecule has 1 aromatic carbocycles. The number of hydrogen-bond donors (Lipinski definition) is 0. The van der Waals surface area contributed by atoms with Crippen LogP contribution in [0.25, 0.3) is 0 Å². The van der Waals surface area contributed by atoms with Crippen molar-refractivity contribution in [3.63, 3.8) is 0 Å². The summed E-state index contributed by atoms with van der Waals surface area (Å²) < 4.78 is 8.13. The van der Waals surface area contributed by atoms with E-state index in [4.69, 9.17) is 16.3 Å².